The van der Waals surface area contributed by atoms with Crippen molar-refractivity contribution in [1.29, 1.82) is 0 Å². The van der Waals surface area contributed by atoms with Crippen LogP contribution < -0.4 is 0 Å². The maximum absolute atomic E-state index is 4.72. The number of aromatic nitrogens is 2. The lowest BCUT2D eigenvalue weighted by atomic mass is 10.2. The predicted octanol–water partition coefficient (Wildman–Crippen LogP) is 2.27. The Kier molecular flexibility index (Phi) is 4.32. The van der Waals surface area contributed by atoms with E-state index in [9.17, 15) is 0 Å². The molecule has 2 fully saturated rings. The Labute approximate surface area is 122 Å². The number of nitrogens with zero attached hydrogens (tertiary/aromatic N) is 4. The highest BCUT2D eigenvalue weighted by Gasteiger charge is 2.28. The molecule has 110 valence electrons. The van der Waals surface area contributed by atoms with E-state index in [-0.39, 0.29) is 0 Å². The van der Waals surface area contributed by atoms with E-state index >= 15 is 0 Å². The first kappa shape index (κ1) is 14.0. The van der Waals surface area contributed by atoms with Crippen molar-refractivity contribution in [2.45, 2.75) is 51.6 Å². The fraction of sp³-hybridized carbons (Fsp3) is 0.750. The van der Waals surface area contributed by atoms with Crippen molar-refractivity contribution in [3.05, 3.63) is 23.8 Å². The molecule has 0 saturated carbocycles. The van der Waals surface area contributed by atoms with Crippen LogP contribution in [-0.4, -0.2) is 52.0 Å². The first-order valence-electron chi connectivity index (χ1n) is 8.00. The minimum absolute atomic E-state index is 0.407. The average Bonchev–Trinajstić information content (AvgIpc) is 2.78. The Bertz CT molecular complexity index is 446. The first-order chi connectivity index (χ1) is 9.72. The van der Waals surface area contributed by atoms with Crippen LogP contribution in [0.5, 0.6) is 0 Å². The average molecular weight is 274 g/mol. The third-order valence-electron chi connectivity index (χ3n) is 4.52. The van der Waals surface area contributed by atoms with Gasteiger partial charge in [-0.1, -0.05) is 13.8 Å². The monoisotopic (exact) mass is 274 g/mol. The Morgan fingerprint density at radius 3 is 2.95 bits per heavy atom. The maximum Gasteiger partial charge on any atom is 0.131 e. The minimum atomic E-state index is 0.407. The van der Waals surface area contributed by atoms with Crippen molar-refractivity contribution in [1.82, 2.24) is 19.8 Å². The van der Waals surface area contributed by atoms with Gasteiger partial charge in [0.2, 0.25) is 0 Å². The van der Waals surface area contributed by atoms with E-state index in [1.807, 2.05) is 6.20 Å². The zero-order valence-corrected chi connectivity index (χ0v) is 12.8. The predicted molar refractivity (Wildman–Crippen MR) is 80.6 cm³/mol. The summed E-state index contributed by atoms with van der Waals surface area (Å²) in [6.45, 7) is 10.3. The lowest BCUT2D eigenvalue weighted by Gasteiger charge is -2.25. The summed E-state index contributed by atoms with van der Waals surface area (Å²) in [7, 11) is 0. The lowest BCUT2D eigenvalue weighted by Crippen LogP contribution is -2.36. The van der Waals surface area contributed by atoms with Crippen LogP contribution >= 0.6 is 0 Å². The molecule has 1 aromatic heterocycles. The first-order valence-corrected chi connectivity index (χ1v) is 8.00. The Morgan fingerprint density at radius 2 is 2.10 bits per heavy atom. The van der Waals surface area contributed by atoms with Crippen molar-refractivity contribution in [2.24, 2.45) is 0 Å². The van der Waals surface area contributed by atoms with Crippen LogP contribution in [0.4, 0.5) is 0 Å². The van der Waals surface area contributed by atoms with E-state index in [0.29, 0.717) is 5.92 Å². The Morgan fingerprint density at radius 1 is 1.25 bits per heavy atom. The molecule has 0 spiro atoms. The van der Waals surface area contributed by atoms with Gasteiger partial charge in [0.1, 0.15) is 5.82 Å². The van der Waals surface area contributed by atoms with Gasteiger partial charge in [-0.15, -0.1) is 0 Å². The second kappa shape index (κ2) is 6.19. The van der Waals surface area contributed by atoms with E-state index in [1.54, 1.807) is 0 Å². The molecule has 0 bridgehead atoms. The van der Waals surface area contributed by atoms with Crippen LogP contribution in [0, 0.1) is 0 Å². The number of rotatable bonds is 3. The van der Waals surface area contributed by atoms with Crippen LogP contribution in [-0.2, 0) is 6.54 Å². The Balaban J connectivity index is 1.66. The topological polar surface area (TPSA) is 32.3 Å². The molecule has 1 aromatic rings. The molecule has 0 aliphatic carbocycles. The van der Waals surface area contributed by atoms with E-state index in [1.165, 1.54) is 51.1 Å². The quantitative estimate of drug-likeness (QED) is 0.846. The molecular weight excluding hydrogens is 248 g/mol. The fourth-order valence-electron chi connectivity index (χ4n) is 3.43. The van der Waals surface area contributed by atoms with Crippen LogP contribution in [0.2, 0.25) is 0 Å². The lowest BCUT2D eigenvalue weighted by molar-refractivity contribution is 0.214. The van der Waals surface area contributed by atoms with E-state index in [4.69, 9.17) is 4.98 Å². The van der Waals surface area contributed by atoms with Crippen molar-refractivity contribution >= 4 is 0 Å². The summed E-state index contributed by atoms with van der Waals surface area (Å²) in [4.78, 5) is 14.3. The molecule has 1 atom stereocenters. The van der Waals surface area contributed by atoms with Crippen LogP contribution in [0.1, 0.15) is 50.5 Å². The van der Waals surface area contributed by atoms with Crippen molar-refractivity contribution in [3.63, 3.8) is 0 Å². The number of fused-ring (bicyclic) bond motifs is 1. The van der Waals surface area contributed by atoms with Gasteiger partial charge in [0, 0.05) is 31.2 Å². The second-order valence-electron chi connectivity index (χ2n) is 6.48. The molecule has 0 radical (unpaired) electrons. The normalized spacial score (nSPS) is 24.9. The highest BCUT2D eigenvalue weighted by atomic mass is 15.3. The molecule has 3 heterocycles. The molecule has 0 N–H and O–H groups in total. The standard InChI is InChI=1S/C16H26N4/c1-13(2)16-17-7-6-14(18-16)11-19-8-4-10-20-9-3-5-15(20)12-19/h6-7,13,15H,3-5,8-12H2,1-2H3/t15-/m0/s1. The van der Waals surface area contributed by atoms with Gasteiger partial charge in [0.15, 0.2) is 0 Å². The summed E-state index contributed by atoms with van der Waals surface area (Å²) in [5, 5.41) is 0. The summed E-state index contributed by atoms with van der Waals surface area (Å²) in [6.07, 6.45) is 5.96. The van der Waals surface area contributed by atoms with Crippen molar-refractivity contribution in [2.75, 3.05) is 26.2 Å². The molecule has 0 unspecified atom stereocenters. The highest BCUT2D eigenvalue weighted by Crippen LogP contribution is 2.22. The van der Waals surface area contributed by atoms with Crippen LogP contribution in [0.3, 0.4) is 0 Å². The van der Waals surface area contributed by atoms with Gasteiger partial charge in [0.05, 0.1) is 5.69 Å². The summed E-state index contributed by atoms with van der Waals surface area (Å²) < 4.78 is 0. The SMILES string of the molecule is CC(C)c1nccc(CN2CCCN3CCC[C@H]3C2)n1. The van der Waals surface area contributed by atoms with E-state index < -0.39 is 0 Å². The third-order valence-corrected chi connectivity index (χ3v) is 4.52. The molecule has 4 heteroatoms. The zero-order valence-electron chi connectivity index (χ0n) is 12.8. The molecule has 2 aliphatic heterocycles. The van der Waals surface area contributed by atoms with Crippen molar-refractivity contribution < 1.29 is 0 Å². The second-order valence-corrected chi connectivity index (χ2v) is 6.48. The third kappa shape index (κ3) is 3.18. The molecule has 2 aliphatic rings. The molecule has 2 saturated heterocycles. The van der Waals surface area contributed by atoms with Gasteiger partial charge >= 0.3 is 0 Å². The molecule has 3 rings (SSSR count). The smallest absolute Gasteiger partial charge is 0.131 e. The van der Waals surface area contributed by atoms with Gasteiger partial charge in [-0.2, -0.15) is 0 Å². The van der Waals surface area contributed by atoms with Gasteiger partial charge < -0.3 is 0 Å². The molecular formula is C16H26N4. The molecule has 20 heavy (non-hydrogen) atoms. The maximum atomic E-state index is 4.72. The summed E-state index contributed by atoms with van der Waals surface area (Å²) in [5.41, 5.74) is 1.18. The molecule has 0 aromatic carbocycles. The highest BCUT2D eigenvalue weighted by molar-refractivity contribution is 5.05. The minimum Gasteiger partial charge on any atom is -0.299 e. The molecule has 4 nitrogen and oxygen atoms in total. The fourth-order valence-corrected chi connectivity index (χ4v) is 3.43. The van der Waals surface area contributed by atoms with E-state index in [2.05, 4.69) is 34.7 Å². The summed E-state index contributed by atoms with van der Waals surface area (Å²) in [5.74, 6) is 1.38. The summed E-state index contributed by atoms with van der Waals surface area (Å²) in [6, 6.07) is 2.85. The van der Waals surface area contributed by atoms with Gasteiger partial charge in [-0.3, -0.25) is 9.80 Å². The largest absolute Gasteiger partial charge is 0.299 e. The van der Waals surface area contributed by atoms with Gasteiger partial charge in [-0.05, 0) is 45.0 Å². The Hall–Kier alpha value is -1.00. The van der Waals surface area contributed by atoms with Crippen LogP contribution in [0.15, 0.2) is 12.3 Å². The van der Waals surface area contributed by atoms with Gasteiger partial charge in [0.25, 0.3) is 0 Å². The zero-order chi connectivity index (χ0) is 13.9. The van der Waals surface area contributed by atoms with Crippen molar-refractivity contribution in [3.8, 4) is 0 Å². The van der Waals surface area contributed by atoms with Crippen LogP contribution in [0.25, 0.3) is 0 Å². The summed E-state index contributed by atoms with van der Waals surface area (Å²) >= 11 is 0. The van der Waals surface area contributed by atoms with Gasteiger partial charge in [-0.25, -0.2) is 9.97 Å². The molecule has 0 amide bonds. The number of hydrogen-bond donors (Lipinski definition) is 0. The number of hydrogen-bond acceptors (Lipinski definition) is 4. The van der Waals surface area contributed by atoms with E-state index in [0.717, 1.165) is 18.4 Å².